The molecule has 0 saturated carbocycles. The summed E-state index contributed by atoms with van der Waals surface area (Å²) in [4.78, 5) is 22.6. The van der Waals surface area contributed by atoms with Crippen molar-refractivity contribution < 1.29 is 4.79 Å². The molecule has 4 nitrogen and oxygen atoms in total. The van der Waals surface area contributed by atoms with Gasteiger partial charge in [0.2, 0.25) is 5.91 Å². The van der Waals surface area contributed by atoms with Crippen LogP contribution in [0.25, 0.3) is 11.3 Å². The monoisotopic (exact) mass is 287 g/mol. The number of hydrogen-bond donors (Lipinski definition) is 0. The molecule has 0 radical (unpaired) electrons. The van der Waals surface area contributed by atoms with Crippen LogP contribution in [0.4, 0.5) is 0 Å². The lowest BCUT2D eigenvalue weighted by Gasteiger charge is -2.14. The van der Waals surface area contributed by atoms with Crippen molar-refractivity contribution in [1.29, 1.82) is 0 Å². The fraction of sp³-hybridized carbons (Fsp3) is 0.400. The molecule has 2 aromatic rings. The molecule has 1 amide bonds. The molecule has 0 aromatic carbocycles. The Morgan fingerprint density at radius 3 is 2.95 bits per heavy atom. The molecule has 1 aliphatic rings. The first kappa shape index (κ1) is 13.2. The second-order valence-electron chi connectivity index (χ2n) is 4.96. The molecule has 104 valence electrons. The van der Waals surface area contributed by atoms with Crippen LogP contribution in [0, 0.1) is 0 Å². The van der Waals surface area contributed by atoms with E-state index in [4.69, 9.17) is 0 Å². The molecule has 0 bridgehead atoms. The van der Waals surface area contributed by atoms with E-state index in [0.29, 0.717) is 6.42 Å². The minimum absolute atomic E-state index is 0.264. The predicted octanol–water partition coefficient (Wildman–Crippen LogP) is 2.76. The fourth-order valence-corrected chi connectivity index (χ4v) is 3.22. The lowest BCUT2D eigenvalue weighted by atomic mass is 10.2. The third-order valence-electron chi connectivity index (χ3n) is 3.52. The number of amides is 1. The van der Waals surface area contributed by atoms with E-state index in [0.717, 1.165) is 48.6 Å². The van der Waals surface area contributed by atoms with Gasteiger partial charge in [-0.25, -0.2) is 4.98 Å². The van der Waals surface area contributed by atoms with Crippen LogP contribution in [0.2, 0.25) is 0 Å². The van der Waals surface area contributed by atoms with Gasteiger partial charge in [0, 0.05) is 49.3 Å². The Hall–Kier alpha value is -1.75. The van der Waals surface area contributed by atoms with Crippen LogP contribution in [0.5, 0.6) is 0 Å². The summed E-state index contributed by atoms with van der Waals surface area (Å²) in [6.07, 6.45) is 7.17. The van der Waals surface area contributed by atoms with Crippen molar-refractivity contribution in [3.63, 3.8) is 0 Å². The highest BCUT2D eigenvalue weighted by Gasteiger charge is 2.17. The number of nitrogens with zero attached hydrogens (tertiary/aromatic N) is 3. The van der Waals surface area contributed by atoms with Crippen molar-refractivity contribution in [2.45, 2.75) is 25.7 Å². The molecule has 0 spiro atoms. The average molecular weight is 287 g/mol. The maximum atomic E-state index is 12.0. The summed E-state index contributed by atoms with van der Waals surface area (Å²) in [6, 6.07) is 3.91. The van der Waals surface area contributed by atoms with Crippen molar-refractivity contribution >= 4 is 17.2 Å². The molecule has 1 saturated heterocycles. The highest BCUT2D eigenvalue weighted by Crippen LogP contribution is 2.22. The molecule has 1 fully saturated rings. The Morgan fingerprint density at radius 1 is 1.35 bits per heavy atom. The zero-order valence-electron chi connectivity index (χ0n) is 11.3. The number of hydrogen-bond acceptors (Lipinski definition) is 4. The first-order valence-electron chi connectivity index (χ1n) is 6.95. The van der Waals surface area contributed by atoms with Gasteiger partial charge in [-0.1, -0.05) is 0 Å². The highest BCUT2D eigenvalue weighted by atomic mass is 32.1. The highest BCUT2D eigenvalue weighted by molar-refractivity contribution is 7.09. The number of aromatic nitrogens is 2. The van der Waals surface area contributed by atoms with Gasteiger partial charge in [0.25, 0.3) is 0 Å². The summed E-state index contributed by atoms with van der Waals surface area (Å²) >= 11 is 1.62. The van der Waals surface area contributed by atoms with E-state index in [1.165, 1.54) is 0 Å². The maximum Gasteiger partial charge on any atom is 0.222 e. The Bertz CT molecular complexity index is 576. The smallest absolute Gasteiger partial charge is 0.222 e. The third-order valence-corrected chi connectivity index (χ3v) is 4.43. The fourth-order valence-electron chi connectivity index (χ4n) is 2.41. The first-order chi connectivity index (χ1) is 9.83. The van der Waals surface area contributed by atoms with Crippen molar-refractivity contribution in [2.75, 3.05) is 13.1 Å². The quantitative estimate of drug-likeness (QED) is 0.868. The third kappa shape index (κ3) is 3.04. The minimum atomic E-state index is 0.264. The first-order valence-corrected chi connectivity index (χ1v) is 7.83. The zero-order valence-corrected chi connectivity index (χ0v) is 12.1. The lowest BCUT2D eigenvalue weighted by Crippen LogP contribution is -2.27. The van der Waals surface area contributed by atoms with Crippen LogP contribution in [-0.4, -0.2) is 33.9 Å². The second-order valence-corrected chi connectivity index (χ2v) is 5.90. The van der Waals surface area contributed by atoms with Crippen LogP contribution in [0.1, 0.15) is 24.3 Å². The number of thiazole rings is 1. The van der Waals surface area contributed by atoms with Crippen molar-refractivity contribution in [2.24, 2.45) is 0 Å². The maximum absolute atomic E-state index is 12.0. The van der Waals surface area contributed by atoms with Crippen molar-refractivity contribution in [3.8, 4) is 11.3 Å². The van der Waals surface area contributed by atoms with Gasteiger partial charge in [0.1, 0.15) is 0 Å². The summed E-state index contributed by atoms with van der Waals surface area (Å²) < 4.78 is 0. The number of aryl methyl sites for hydroxylation is 1. The molecule has 2 aromatic heterocycles. The van der Waals surface area contributed by atoms with Crippen LogP contribution < -0.4 is 0 Å². The van der Waals surface area contributed by atoms with E-state index in [2.05, 4.69) is 9.97 Å². The van der Waals surface area contributed by atoms with Gasteiger partial charge >= 0.3 is 0 Å². The van der Waals surface area contributed by atoms with E-state index in [1.54, 1.807) is 17.5 Å². The average Bonchev–Trinajstić information content (AvgIpc) is 3.17. The molecule has 20 heavy (non-hydrogen) atoms. The number of pyridine rings is 1. The normalized spacial score (nSPS) is 14.7. The Morgan fingerprint density at radius 2 is 2.20 bits per heavy atom. The molecular weight excluding hydrogens is 270 g/mol. The van der Waals surface area contributed by atoms with E-state index in [1.807, 2.05) is 28.6 Å². The summed E-state index contributed by atoms with van der Waals surface area (Å²) in [7, 11) is 0. The van der Waals surface area contributed by atoms with Gasteiger partial charge in [0.05, 0.1) is 10.7 Å². The molecular formula is C15H17N3OS. The Kier molecular flexibility index (Phi) is 4.06. The van der Waals surface area contributed by atoms with Gasteiger partial charge in [-0.3, -0.25) is 9.78 Å². The Labute approximate surface area is 122 Å². The SMILES string of the molecule is O=C(CCc1nc(-c2cccnc2)cs1)N1CCCC1. The van der Waals surface area contributed by atoms with Gasteiger partial charge < -0.3 is 4.90 Å². The van der Waals surface area contributed by atoms with Crippen molar-refractivity contribution in [1.82, 2.24) is 14.9 Å². The Balaban J connectivity index is 1.59. The standard InChI is InChI=1S/C15H17N3OS/c19-15(18-8-1-2-9-18)6-5-14-17-13(11-20-14)12-4-3-7-16-10-12/h3-4,7,10-11H,1-2,5-6,8-9H2. The minimum Gasteiger partial charge on any atom is -0.343 e. The van der Waals surface area contributed by atoms with Crippen molar-refractivity contribution in [3.05, 3.63) is 34.9 Å². The van der Waals surface area contributed by atoms with Gasteiger partial charge in [-0.15, -0.1) is 11.3 Å². The summed E-state index contributed by atoms with van der Waals surface area (Å²) in [5.74, 6) is 0.264. The van der Waals surface area contributed by atoms with Crippen LogP contribution in [-0.2, 0) is 11.2 Å². The molecule has 1 aliphatic heterocycles. The molecule has 0 unspecified atom stereocenters. The molecule has 0 N–H and O–H groups in total. The van der Waals surface area contributed by atoms with E-state index < -0.39 is 0 Å². The van der Waals surface area contributed by atoms with Crippen LogP contribution in [0.3, 0.4) is 0 Å². The largest absolute Gasteiger partial charge is 0.343 e. The molecule has 0 aliphatic carbocycles. The molecule has 3 heterocycles. The van der Waals surface area contributed by atoms with Crippen LogP contribution >= 0.6 is 11.3 Å². The van der Waals surface area contributed by atoms with E-state index in [9.17, 15) is 4.79 Å². The molecule has 5 heteroatoms. The topological polar surface area (TPSA) is 46.1 Å². The van der Waals surface area contributed by atoms with Crippen LogP contribution in [0.15, 0.2) is 29.9 Å². The summed E-state index contributed by atoms with van der Waals surface area (Å²) in [5, 5.41) is 3.06. The lowest BCUT2D eigenvalue weighted by molar-refractivity contribution is -0.130. The van der Waals surface area contributed by atoms with E-state index >= 15 is 0 Å². The summed E-state index contributed by atoms with van der Waals surface area (Å²) in [5.41, 5.74) is 1.98. The number of rotatable bonds is 4. The summed E-state index contributed by atoms with van der Waals surface area (Å²) in [6.45, 7) is 1.86. The van der Waals surface area contributed by atoms with E-state index in [-0.39, 0.29) is 5.91 Å². The van der Waals surface area contributed by atoms with Gasteiger partial charge in [0.15, 0.2) is 0 Å². The zero-order chi connectivity index (χ0) is 13.8. The molecule has 3 rings (SSSR count). The van der Waals surface area contributed by atoms with Gasteiger partial charge in [-0.2, -0.15) is 0 Å². The van der Waals surface area contributed by atoms with Gasteiger partial charge in [-0.05, 0) is 25.0 Å². The second kappa shape index (κ2) is 6.13. The molecule has 0 atom stereocenters. The number of likely N-dealkylation sites (tertiary alicyclic amines) is 1. The predicted molar refractivity (Wildman–Crippen MR) is 79.5 cm³/mol. The number of carbonyl (C=O) groups is 1. The number of carbonyl (C=O) groups excluding carboxylic acids is 1.